The smallest absolute Gasteiger partial charge is 0.321 e. The van der Waals surface area contributed by atoms with Gasteiger partial charge < -0.3 is 19.7 Å². The monoisotopic (exact) mass is 425 g/mol. The predicted molar refractivity (Wildman–Crippen MR) is 104 cm³/mol. The Labute approximate surface area is 173 Å². The zero-order valence-electron chi connectivity index (χ0n) is 16.1. The lowest BCUT2D eigenvalue weighted by atomic mass is 9.96. The summed E-state index contributed by atoms with van der Waals surface area (Å²) < 4.78 is 9.76. The van der Waals surface area contributed by atoms with Gasteiger partial charge in [0.1, 0.15) is 0 Å². The second kappa shape index (κ2) is 11.4. The van der Waals surface area contributed by atoms with E-state index < -0.39 is 30.4 Å². The third-order valence-corrected chi connectivity index (χ3v) is 4.65. The number of halogens is 1. The van der Waals surface area contributed by atoms with E-state index in [9.17, 15) is 19.2 Å². The number of nitrogens with one attached hydrogen (secondary N) is 2. The molecule has 0 radical (unpaired) electrons. The van der Waals surface area contributed by atoms with Crippen molar-refractivity contribution in [1.82, 2.24) is 15.5 Å². The molecule has 10 heteroatoms. The fourth-order valence-corrected chi connectivity index (χ4v) is 2.95. The van der Waals surface area contributed by atoms with Gasteiger partial charge in [0, 0.05) is 37.3 Å². The fraction of sp³-hybridized carbons (Fsp3) is 0.474. The Morgan fingerprint density at radius 3 is 2.41 bits per heavy atom. The van der Waals surface area contributed by atoms with Crippen molar-refractivity contribution in [1.29, 1.82) is 0 Å². The highest BCUT2D eigenvalue weighted by Crippen LogP contribution is 2.21. The number of imide groups is 1. The molecule has 2 N–H and O–H groups in total. The van der Waals surface area contributed by atoms with Gasteiger partial charge in [-0.2, -0.15) is 0 Å². The fourth-order valence-electron chi connectivity index (χ4n) is 2.82. The van der Waals surface area contributed by atoms with E-state index >= 15 is 0 Å². The van der Waals surface area contributed by atoms with Crippen LogP contribution in [0.4, 0.5) is 4.79 Å². The molecular formula is C19H24ClN3O6. The summed E-state index contributed by atoms with van der Waals surface area (Å²) in [6.45, 7) is 0.851. The molecule has 4 amide bonds. The van der Waals surface area contributed by atoms with Crippen molar-refractivity contribution >= 4 is 35.4 Å². The number of esters is 1. The van der Waals surface area contributed by atoms with Crippen molar-refractivity contribution < 1.29 is 28.7 Å². The number of piperidine rings is 1. The normalized spacial score (nSPS) is 14.2. The highest BCUT2D eigenvalue weighted by Gasteiger charge is 2.29. The van der Waals surface area contributed by atoms with Crippen molar-refractivity contribution in [2.45, 2.75) is 12.8 Å². The number of methoxy groups -OCH3 is 1. The number of hydrogen-bond donors (Lipinski definition) is 2. The summed E-state index contributed by atoms with van der Waals surface area (Å²) in [4.78, 5) is 49.4. The number of carbonyl (C=O) groups excluding carboxylic acids is 4. The summed E-state index contributed by atoms with van der Waals surface area (Å²) in [5.41, 5.74) is 0.538. The van der Waals surface area contributed by atoms with Crippen molar-refractivity contribution in [2.24, 2.45) is 5.92 Å². The van der Waals surface area contributed by atoms with Gasteiger partial charge in [0.2, 0.25) is 0 Å². The number of rotatable bonds is 7. The summed E-state index contributed by atoms with van der Waals surface area (Å²) in [7, 11) is 1.49. The molecule has 0 aromatic heterocycles. The minimum Gasteiger partial charge on any atom is -0.455 e. The van der Waals surface area contributed by atoms with Crippen molar-refractivity contribution in [3.63, 3.8) is 0 Å². The van der Waals surface area contributed by atoms with E-state index in [0.29, 0.717) is 43.1 Å². The molecular weight excluding hydrogens is 402 g/mol. The van der Waals surface area contributed by atoms with Gasteiger partial charge in [-0.05, 0) is 37.1 Å². The van der Waals surface area contributed by atoms with Gasteiger partial charge in [0.05, 0.1) is 12.5 Å². The number of hydrogen-bond acceptors (Lipinski definition) is 6. The summed E-state index contributed by atoms with van der Waals surface area (Å²) >= 11 is 5.83. The lowest BCUT2D eigenvalue weighted by Crippen LogP contribution is -2.43. The molecule has 9 nitrogen and oxygen atoms in total. The maximum Gasteiger partial charge on any atom is 0.321 e. The van der Waals surface area contributed by atoms with E-state index in [4.69, 9.17) is 21.1 Å². The second-order valence-corrected chi connectivity index (χ2v) is 6.91. The van der Waals surface area contributed by atoms with Crippen LogP contribution in [0.2, 0.25) is 5.02 Å². The maximum atomic E-state index is 12.5. The number of amides is 4. The SMILES string of the molecule is COCCNC(=O)NC(=O)COC(=O)C1CCN(C(=O)c2ccc(Cl)cc2)CC1. The molecule has 0 saturated carbocycles. The Morgan fingerprint density at radius 2 is 1.79 bits per heavy atom. The molecule has 0 spiro atoms. The predicted octanol–water partition coefficient (Wildman–Crippen LogP) is 1.21. The molecule has 1 aliphatic rings. The van der Waals surface area contributed by atoms with Crippen LogP contribution in [0.15, 0.2) is 24.3 Å². The molecule has 1 heterocycles. The number of benzene rings is 1. The first kappa shape index (κ1) is 22.6. The summed E-state index contributed by atoms with van der Waals surface area (Å²) in [5, 5.41) is 5.03. The Bertz CT molecular complexity index is 732. The number of likely N-dealkylation sites (tertiary alicyclic amines) is 1. The van der Waals surface area contributed by atoms with Crippen molar-refractivity contribution in [2.75, 3.05) is 40.0 Å². The van der Waals surface area contributed by atoms with Gasteiger partial charge in [0.15, 0.2) is 6.61 Å². The quantitative estimate of drug-likeness (QED) is 0.501. The first-order valence-electron chi connectivity index (χ1n) is 9.18. The van der Waals surface area contributed by atoms with E-state index in [2.05, 4.69) is 10.6 Å². The Hall–Kier alpha value is -2.65. The number of nitrogens with zero attached hydrogens (tertiary/aromatic N) is 1. The summed E-state index contributed by atoms with van der Waals surface area (Å²) in [5.74, 6) is -1.75. The highest BCUT2D eigenvalue weighted by molar-refractivity contribution is 6.30. The second-order valence-electron chi connectivity index (χ2n) is 6.48. The van der Waals surface area contributed by atoms with Crippen LogP contribution in [0.25, 0.3) is 0 Å². The van der Waals surface area contributed by atoms with E-state index in [0.717, 1.165) is 0 Å². The number of urea groups is 1. The maximum absolute atomic E-state index is 12.5. The van der Waals surface area contributed by atoms with E-state index in [1.807, 2.05) is 0 Å². The first-order valence-corrected chi connectivity index (χ1v) is 9.56. The largest absolute Gasteiger partial charge is 0.455 e. The molecule has 1 aromatic rings. The van der Waals surface area contributed by atoms with Crippen LogP contribution < -0.4 is 10.6 Å². The van der Waals surface area contributed by atoms with Crippen LogP contribution in [0.3, 0.4) is 0 Å². The third kappa shape index (κ3) is 7.35. The van der Waals surface area contributed by atoms with Crippen LogP contribution in [-0.4, -0.2) is 68.7 Å². The first-order chi connectivity index (χ1) is 13.9. The average molecular weight is 426 g/mol. The molecule has 0 unspecified atom stereocenters. The molecule has 1 aliphatic heterocycles. The third-order valence-electron chi connectivity index (χ3n) is 4.40. The molecule has 0 atom stereocenters. The van der Waals surface area contributed by atoms with E-state index in [-0.39, 0.29) is 12.5 Å². The molecule has 158 valence electrons. The van der Waals surface area contributed by atoms with Crippen LogP contribution in [0.1, 0.15) is 23.2 Å². The standard InChI is InChI=1S/C19H24ClN3O6/c1-28-11-8-21-19(27)22-16(24)12-29-18(26)14-6-9-23(10-7-14)17(25)13-2-4-15(20)5-3-13/h2-5,14H,6-12H2,1H3,(H2,21,22,24,27). The van der Waals surface area contributed by atoms with Crippen molar-refractivity contribution in [3.8, 4) is 0 Å². The molecule has 1 aromatic carbocycles. The summed E-state index contributed by atoms with van der Waals surface area (Å²) in [6, 6.07) is 5.95. The van der Waals surface area contributed by atoms with Gasteiger partial charge in [-0.1, -0.05) is 11.6 Å². The molecule has 2 rings (SSSR count). The van der Waals surface area contributed by atoms with Gasteiger partial charge in [-0.25, -0.2) is 4.79 Å². The van der Waals surface area contributed by atoms with Gasteiger partial charge >= 0.3 is 12.0 Å². The average Bonchev–Trinajstić information content (AvgIpc) is 2.72. The number of ether oxygens (including phenoxy) is 2. The van der Waals surface area contributed by atoms with Gasteiger partial charge in [0.25, 0.3) is 11.8 Å². The van der Waals surface area contributed by atoms with E-state index in [1.165, 1.54) is 7.11 Å². The topological polar surface area (TPSA) is 114 Å². The number of carbonyl (C=O) groups is 4. The Kier molecular flexibility index (Phi) is 8.88. The van der Waals surface area contributed by atoms with Gasteiger partial charge in [-0.15, -0.1) is 0 Å². The molecule has 0 bridgehead atoms. The van der Waals surface area contributed by atoms with Crippen LogP contribution in [-0.2, 0) is 19.1 Å². The molecule has 1 saturated heterocycles. The van der Waals surface area contributed by atoms with Crippen LogP contribution in [0, 0.1) is 5.92 Å². The molecule has 0 aliphatic carbocycles. The molecule has 1 fully saturated rings. The van der Waals surface area contributed by atoms with Crippen molar-refractivity contribution in [3.05, 3.63) is 34.9 Å². The lowest BCUT2D eigenvalue weighted by molar-refractivity contribution is -0.153. The highest BCUT2D eigenvalue weighted by atomic mass is 35.5. The Balaban J connectivity index is 1.70. The zero-order valence-corrected chi connectivity index (χ0v) is 16.9. The lowest BCUT2D eigenvalue weighted by Gasteiger charge is -2.31. The molecule has 29 heavy (non-hydrogen) atoms. The van der Waals surface area contributed by atoms with Gasteiger partial charge in [-0.3, -0.25) is 19.7 Å². The minimum absolute atomic E-state index is 0.118. The van der Waals surface area contributed by atoms with Crippen LogP contribution in [0.5, 0.6) is 0 Å². The van der Waals surface area contributed by atoms with E-state index in [1.54, 1.807) is 29.2 Å². The minimum atomic E-state index is -0.719. The summed E-state index contributed by atoms with van der Waals surface area (Å²) in [6.07, 6.45) is 0.884. The Morgan fingerprint density at radius 1 is 1.14 bits per heavy atom. The zero-order chi connectivity index (χ0) is 21.2. The van der Waals surface area contributed by atoms with Crippen LogP contribution >= 0.6 is 11.6 Å².